The highest BCUT2D eigenvalue weighted by Crippen LogP contribution is 2.29. The van der Waals surface area contributed by atoms with Crippen molar-refractivity contribution >= 4 is 0 Å². The molecule has 1 saturated heterocycles. The fourth-order valence-electron chi connectivity index (χ4n) is 3.17. The summed E-state index contributed by atoms with van der Waals surface area (Å²) in [4.78, 5) is 0. The molecule has 0 bridgehead atoms. The molecule has 0 spiro atoms. The predicted octanol–water partition coefficient (Wildman–Crippen LogP) is 4.05. The Morgan fingerprint density at radius 1 is 1.35 bits per heavy atom. The molecule has 2 nitrogen and oxygen atoms in total. The minimum atomic E-state index is -0.0933. The van der Waals surface area contributed by atoms with E-state index in [1.165, 1.54) is 6.42 Å². The van der Waals surface area contributed by atoms with Crippen molar-refractivity contribution in [3.05, 3.63) is 34.6 Å². The van der Waals surface area contributed by atoms with Gasteiger partial charge in [0.2, 0.25) is 0 Å². The second-order valence-corrected chi connectivity index (χ2v) is 5.81. The van der Waals surface area contributed by atoms with Crippen LogP contribution in [0.15, 0.2) is 12.1 Å². The molecule has 1 heterocycles. The van der Waals surface area contributed by atoms with Crippen LogP contribution in [0, 0.1) is 19.7 Å². The van der Waals surface area contributed by atoms with Gasteiger partial charge in [0.25, 0.3) is 0 Å². The first-order chi connectivity index (χ1) is 9.61. The van der Waals surface area contributed by atoms with E-state index in [2.05, 4.69) is 18.3 Å². The van der Waals surface area contributed by atoms with Crippen molar-refractivity contribution in [3.63, 3.8) is 0 Å². The van der Waals surface area contributed by atoms with Gasteiger partial charge in [0.1, 0.15) is 5.82 Å². The number of rotatable bonds is 5. The number of halogens is 1. The molecule has 20 heavy (non-hydrogen) atoms. The van der Waals surface area contributed by atoms with Crippen molar-refractivity contribution in [2.45, 2.75) is 58.6 Å². The highest BCUT2D eigenvalue weighted by atomic mass is 19.1. The van der Waals surface area contributed by atoms with Crippen LogP contribution in [0.1, 0.15) is 55.3 Å². The summed E-state index contributed by atoms with van der Waals surface area (Å²) >= 11 is 0. The third-order valence-electron chi connectivity index (χ3n) is 4.05. The minimum absolute atomic E-state index is 0.0451. The highest BCUT2D eigenvalue weighted by molar-refractivity contribution is 5.34. The topological polar surface area (TPSA) is 21.3 Å². The van der Waals surface area contributed by atoms with Crippen molar-refractivity contribution < 1.29 is 9.13 Å². The quantitative estimate of drug-likeness (QED) is 0.878. The fourth-order valence-corrected chi connectivity index (χ4v) is 3.17. The van der Waals surface area contributed by atoms with Crippen LogP contribution in [0.2, 0.25) is 0 Å². The summed E-state index contributed by atoms with van der Waals surface area (Å²) in [7, 11) is 0. The summed E-state index contributed by atoms with van der Waals surface area (Å²) in [5.74, 6) is -0.0933. The zero-order chi connectivity index (χ0) is 14.5. The highest BCUT2D eigenvalue weighted by Gasteiger charge is 2.23. The van der Waals surface area contributed by atoms with Gasteiger partial charge in [0.05, 0.1) is 6.10 Å². The maximum atomic E-state index is 14.4. The van der Waals surface area contributed by atoms with Crippen molar-refractivity contribution in [1.82, 2.24) is 5.32 Å². The number of hydrogen-bond donors (Lipinski definition) is 1. The Morgan fingerprint density at radius 2 is 2.15 bits per heavy atom. The Hall–Kier alpha value is -0.930. The number of ether oxygens (including phenoxy) is 1. The molecule has 1 aliphatic heterocycles. The second-order valence-electron chi connectivity index (χ2n) is 5.81. The molecular weight excluding hydrogens is 253 g/mol. The van der Waals surface area contributed by atoms with Crippen molar-refractivity contribution in [2.75, 3.05) is 13.2 Å². The van der Waals surface area contributed by atoms with Gasteiger partial charge in [-0.3, -0.25) is 0 Å². The van der Waals surface area contributed by atoms with E-state index in [1.807, 2.05) is 13.8 Å². The lowest BCUT2D eigenvalue weighted by molar-refractivity contribution is 0.00491. The van der Waals surface area contributed by atoms with Crippen LogP contribution in [-0.4, -0.2) is 19.3 Å². The van der Waals surface area contributed by atoms with Gasteiger partial charge in [-0.1, -0.05) is 13.0 Å². The lowest BCUT2D eigenvalue weighted by atomic mass is 9.92. The van der Waals surface area contributed by atoms with Gasteiger partial charge >= 0.3 is 0 Å². The first-order valence-electron chi connectivity index (χ1n) is 7.73. The molecule has 1 aromatic rings. The van der Waals surface area contributed by atoms with Crippen LogP contribution in [0.25, 0.3) is 0 Å². The maximum absolute atomic E-state index is 14.4. The summed E-state index contributed by atoms with van der Waals surface area (Å²) in [6.45, 7) is 7.68. The Bertz CT molecular complexity index is 418. The zero-order valence-electron chi connectivity index (χ0n) is 12.8. The average Bonchev–Trinajstić information content (AvgIpc) is 2.39. The van der Waals surface area contributed by atoms with E-state index in [1.54, 1.807) is 6.07 Å². The molecule has 1 aromatic carbocycles. The number of benzene rings is 1. The minimum Gasteiger partial charge on any atom is -0.378 e. The molecule has 0 aromatic heterocycles. The van der Waals surface area contributed by atoms with E-state index < -0.39 is 0 Å². The number of nitrogens with one attached hydrogen (secondary N) is 1. The van der Waals surface area contributed by atoms with Gasteiger partial charge in [0, 0.05) is 18.2 Å². The van der Waals surface area contributed by atoms with Gasteiger partial charge in [-0.25, -0.2) is 4.39 Å². The van der Waals surface area contributed by atoms with E-state index in [0.29, 0.717) is 0 Å². The molecule has 0 saturated carbocycles. The molecule has 1 fully saturated rings. The Kier molecular flexibility index (Phi) is 5.55. The molecule has 0 amide bonds. The first kappa shape index (κ1) is 15.5. The van der Waals surface area contributed by atoms with E-state index in [4.69, 9.17) is 4.74 Å². The predicted molar refractivity (Wildman–Crippen MR) is 80.5 cm³/mol. The largest absolute Gasteiger partial charge is 0.378 e. The molecule has 112 valence electrons. The van der Waals surface area contributed by atoms with Gasteiger partial charge < -0.3 is 10.1 Å². The standard InChI is InChI=1S/C17H26FNO/c1-4-19-16(11-14-7-5-6-8-20-14)17-13(3)9-12(2)10-15(17)18/h9-10,14,16,19H,4-8,11H2,1-3H3. The molecule has 2 atom stereocenters. The van der Waals surface area contributed by atoms with Crippen molar-refractivity contribution in [3.8, 4) is 0 Å². The fraction of sp³-hybridized carbons (Fsp3) is 0.647. The van der Waals surface area contributed by atoms with Crippen molar-refractivity contribution in [2.24, 2.45) is 0 Å². The summed E-state index contributed by atoms with van der Waals surface area (Å²) in [6, 6.07) is 3.74. The summed E-state index contributed by atoms with van der Waals surface area (Å²) in [5.41, 5.74) is 2.82. The molecule has 2 unspecified atom stereocenters. The molecule has 3 heteroatoms. The molecular formula is C17H26FNO. The summed E-state index contributed by atoms with van der Waals surface area (Å²) in [5, 5.41) is 3.43. The maximum Gasteiger partial charge on any atom is 0.128 e. The van der Waals surface area contributed by atoms with Gasteiger partial charge in [-0.05, 0) is 63.3 Å². The first-order valence-corrected chi connectivity index (χ1v) is 7.73. The normalized spacial score (nSPS) is 20.9. The van der Waals surface area contributed by atoms with E-state index >= 15 is 0 Å². The van der Waals surface area contributed by atoms with Crippen LogP contribution in [-0.2, 0) is 4.74 Å². The summed E-state index contributed by atoms with van der Waals surface area (Å²) in [6.07, 6.45) is 4.58. The monoisotopic (exact) mass is 279 g/mol. The van der Waals surface area contributed by atoms with Gasteiger partial charge in [0.15, 0.2) is 0 Å². The molecule has 0 radical (unpaired) electrons. The SMILES string of the molecule is CCNC(CC1CCCCO1)c1c(C)cc(C)cc1F. The van der Waals surface area contributed by atoms with E-state index in [0.717, 1.165) is 49.1 Å². The third-order valence-corrected chi connectivity index (χ3v) is 4.05. The van der Waals surface area contributed by atoms with Gasteiger partial charge in [-0.15, -0.1) is 0 Å². The lowest BCUT2D eigenvalue weighted by Crippen LogP contribution is -2.30. The molecule has 0 aliphatic carbocycles. The molecule has 1 N–H and O–H groups in total. The van der Waals surface area contributed by atoms with Crippen LogP contribution in [0.5, 0.6) is 0 Å². The van der Waals surface area contributed by atoms with Crippen LogP contribution in [0.4, 0.5) is 4.39 Å². The van der Waals surface area contributed by atoms with Gasteiger partial charge in [-0.2, -0.15) is 0 Å². The van der Waals surface area contributed by atoms with Crippen LogP contribution >= 0.6 is 0 Å². The van der Waals surface area contributed by atoms with Crippen LogP contribution < -0.4 is 5.32 Å². The second kappa shape index (κ2) is 7.19. The molecule has 2 rings (SSSR count). The van der Waals surface area contributed by atoms with E-state index in [9.17, 15) is 4.39 Å². The smallest absolute Gasteiger partial charge is 0.128 e. The third kappa shape index (κ3) is 3.80. The van der Waals surface area contributed by atoms with Crippen LogP contribution in [0.3, 0.4) is 0 Å². The number of aryl methyl sites for hydroxylation is 2. The van der Waals surface area contributed by atoms with Crippen molar-refractivity contribution in [1.29, 1.82) is 0 Å². The Morgan fingerprint density at radius 3 is 2.75 bits per heavy atom. The number of hydrogen-bond acceptors (Lipinski definition) is 2. The average molecular weight is 279 g/mol. The van der Waals surface area contributed by atoms with E-state index in [-0.39, 0.29) is 18.0 Å². The Labute approximate surface area is 121 Å². The lowest BCUT2D eigenvalue weighted by Gasteiger charge is -2.29. The molecule has 1 aliphatic rings. The zero-order valence-corrected chi connectivity index (χ0v) is 12.8. The summed E-state index contributed by atoms with van der Waals surface area (Å²) < 4.78 is 20.2. The Balaban J connectivity index is 2.19.